The minimum Gasteiger partial charge on any atom is -0.302 e. The maximum absolute atomic E-state index is 3.80. The van der Waals surface area contributed by atoms with Crippen molar-refractivity contribution in [3.63, 3.8) is 0 Å². The molecule has 0 atom stereocenters. The summed E-state index contributed by atoms with van der Waals surface area (Å²) < 4.78 is 0. The monoisotopic (exact) mass is 207 g/mol. The summed E-state index contributed by atoms with van der Waals surface area (Å²) in [4.78, 5) is 2.36. The van der Waals surface area contributed by atoms with Gasteiger partial charge in [0.15, 0.2) is 0 Å². The number of nitrogens with zero attached hydrogens (tertiary/aromatic N) is 1. The Balaban J connectivity index is 0.000000921. The van der Waals surface area contributed by atoms with E-state index in [0.29, 0.717) is 0 Å². The van der Waals surface area contributed by atoms with E-state index in [1.807, 2.05) is 19.9 Å². The predicted molar refractivity (Wildman–Crippen MR) is 70.1 cm³/mol. The van der Waals surface area contributed by atoms with Crippen molar-refractivity contribution in [2.45, 2.75) is 33.6 Å². The lowest BCUT2D eigenvalue weighted by molar-refractivity contribution is 0.350. The zero-order chi connectivity index (χ0) is 11.7. The fourth-order valence-corrected chi connectivity index (χ4v) is 1.75. The predicted octanol–water partition coefficient (Wildman–Crippen LogP) is 3.80. The molecule has 0 radical (unpaired) electrons. The molecule has 0 amide bonds. The smallest absolute Gasteiger partial charge is 0.0230 e. The van der Waals surface area contributed by atoms with E-state index in [1.165, 1.54) is 18.5 Å². The van der Waals surface area contributed by atoms with Crippen LogP contribution in [0.3, 0.4) is 0 Å². The van der Waals surface area contributed by atoms with Crippen molar-refractivity contribution >= 4 is 0 Å². The molecule has 0 aromatic carbocycles. The summed E-state index contributed by atoms with van der Waals surface area (Å²) in [6.45, 7) is 12.1. The first kappa shape index (κ1) is 14.2. The molecule has 0 fully saturated rings. The minimum absolute atomic E-state index is 1.05. The van der Waals surface area contributed by atoms with Crippen LogP contribution in [0.1, 0.15) is 33.6 Å². The molecule has 0 N–H and O–H groups in total. The number of likely N-dealkylation sites (N-methyl/N-ethyl adjacent to an activating group) is 1. The highest BCUT2D eigenvalue weighted by Crippen LogP contribution is 2.21. The third kappa shape index (κ3) is 4.98. The van der Waals surface area contributed by atoms with Gasteiger partial charge < -0.3 is 4.90 Å². The highest BCUT2D eigenvalue weighted by atomic mass is 15.1. The highest BCUT2D eigenvalue weighted by Gasteiger charge is 2.12. The van der Waals surface area contributed by atoms with Crippen molar-refractivity contribution in [1.29, 1.82) is 0 Å². The number of allylic oxidation sites excluding steroid dienone is 2. The number of rotatable bonds is 3. The molecule has 1 heteroatoms. The van der Waals surface area contributed by atoms with Crippen LogP contribution in [0.4, 0.5) is 0 Å². The average molecular weight is 207 g/mol. The van der Waals surface area contributed by atoms with Gasteiger partial charge >= 0.3 is 0 Å². The molecular formula is C14H25N. The lowest BCUT2D eigenvalue weighted by Crippen LogP contribution is -2.27. The lowest BCUT2D eigenvalue weighted by atomic mass is 9.97. The SMILES string of the molecule is C=CCC1=C(/C=C\C)CN(C)CC1.CC. The molecule has 0 saturated carbocycles. The van der Waals surface area contributed by atoms with Gasteiger partial charge in [-0.1, -0.05) is 37.6 Å². The molecule has 0 aliphatic carbocycles. The molecule has 1 rings (SSSR count). The summed E-state index contributed by atoms with van der Waals surface area (Å²) >= 11 is 0. The van der Waals surface area contributed by atoms with Crippen LogP contribution >= 0.6 is 0 Å². The largest absolute Gasteiger partial charge is 0.302 e. The van der Waals surface area contributed by atoms with E-state index in [4.69, 9.17) is 0 Å². The molecule has 15 heavy (non-hydrogen) atoms. The first-order chi connectivity index (χ1) is 7.27. The molecule has 0 unspecified atom stereocenters. The van der Waals surface area contributed by atoms with Crippen LogP contribution in [0.5, 0.6) is 0 Å². The van der Waals surface area contributed by atoms with E-state index in [2.05, 4.69) is 37.6 Å². The Morgan fingerprint density at radius 2 is 2.07 bits per heavy atom. The van der Waals surface area contributed by atoms with Gasteiger partial charge in [-0.2, -0.15) is 0 Å². The third-order valence-electron chi connectivity index (χ3n) is 2.45. The first-order valence-corrected chi connectivity index (χ1v) is 5.91. The zero-order valence-electron chi connectivity index (χ0n) is 10.7. The van der Waals surface area contributed by atoms with E-state index in [0.717, 1.165) is 13.0 Å². The Morgan fingerprint density at radius 1 is 1.40 bits per heavy atom. The van der Waals surface area contributed by atoms with Gasteiger partial charge in [0, 0.05) is 13.1 Å². The summed E-state index contributed by atoms with van der Waals surface area (Å²) in [5, 5.41) is 0. The van der Waals surface area contributed by atoms with Crippen LogP contribution in [0.25, 0.3) is 0 Å². The van der Waals surface area contributed by atoms with Crippen LogP contribution in [-0.2, 0) is 0 Å². The van der Waals surface area contributed by atoms with E-state index in [9.17, 15) is 0 Å². The van der Waals surface area contributed by atoms with Crippen LogP contribution in [0.2, 0.25) is 0 Å². The van der Waals surface area contributed by atoms with E-state index in [1.54, 1.807) is 5.57 Å². The van der Waals surface area contributed by atoms with Gasteiger partial charge in [0.2, 0.25) is 0 Å². The van der Waals surface area contributed by atoms with Crippen molar-refractivity contribution in [3.8, 4) is 0 Å². The second kappa shape index (κ2) is 8.49. The number of hydrogen-bond donors (Lipinski definition) is 0. The van der Waals surface area contributed by atoms with Gasteiger partial charge in [-0.05, 0) is 32.4 Å². The normalized spacial score (nSPS) is 17.6. The van der Waals surface area contributed by atoms with E-state index >= 15 is 0 Å². The van der Waals surface area contributed by atoms with Crippen molar-refractivity contribution in [2.24, 2.45) is 0 Å². The fourth-order valence-electron chi connectivity index (χ4n) is 1.75. The number of hydrogen-bond acceptors (Lipinski definition) is 1. The maximum Gasteiger partial charge on any atom is 0.0230 e. The summed E-state index contributed by atoms with van der Waals surface area (Å²) in [6, 6.07) is 0. The van der Waals surface area contributed by atoms with Crippen LogP contribution in [0, 0.1) is 0 Å². The topological polar surface area (TPSA) is 3.24 Å². The van der Waals surface area contributed by atoms with Crippen molar-refractivity contribution in [2.75, 3.05) is 20.1 Å². The fraction of sp³-hybridized carbons (Fsp3) is 0.571. The van der Waals surface area contributed by atoms with Crippen molar-refractivity contribution < 1.29 is 0 Å². The van der Waals surface area contributed by atoms with Gasteiger partial charge in [0.1, 0.15) is 0 Å². The average Bonchev–Trinajstić information content (AvgIpc) is 2.26. The van der Waals surface area contributed by atoms with Gasteiger partial charge in [0.25, 0.3) is 0 Å². The maximum atomic E-state index is 3.80. The lowest BCUT2D eigenvalue weighted by Gasteiger charge is -2.26. The second-order valence-electron chi connectivity index (χ2n) is 3.61. The van der Waals surface area contributed by atoms with Gasteiger partial charge in [0.05, 0.1) is 0 Å². The highest BCUT2D eigenvalue weighted by molar-refractivity contribution is 5.30. The second-order valence-corrected chi connectivity index (χ2v) is 3.61. The minimum atomic E-state index is 1.05. The molecule has 0 saturated heterocycles. The zero-order valence-corrected chi connectivity index (χ0v) is 10.7. The molecule has 1 aliphatic rings. The van der Waals surface area contributed by atoms with Crippen molar-refractivity contribution in [1.82, 2.24) is 4.90 Å². The standard InChI is InChI=1S/C12H19N.C2H6/c1-4-6-11-8-9-13(3)10-12(11)7-5-2;1-2/h4-5,7H,1,6,8-10H2,2-3H3;1-2H3/b7-5-;. The van der Waals surface area contributed by atoms with Crippen molar-refractivity contribution in [3.05, 3.63) is 36.0 Å². The first-order valence-electron chi connectivity index (χ1n) is 5.91. The Kier molecular flexibility index (Phi) is 8.02. The molecule has 1 heterocycles. The molecule has 86 valence electrons. The third-order valence-corrected chi connectivity index (χ3v) is 2.45. The quantitative estimate of drug-likeness (QED) is 0.636. The molecule has 0 spiro atoms. The summed E-state index contributed by atoms with van der Waals surface area (Å²) in [5.41, 5.74) is 3.04. The summed E-state index contributed by atoms with van der Waals surface area (Å²) in [7, 11) is 2.17. The summed E-state index contributed by atoms with van der Waals surface area (Å²) in [6.07, 6.45) is 8.60. The Bertz CT molecular complexity index is 236. The van der Waals surface area contributed by atoms with Gasteiger partial charge in [-0.15, -0.1) is 6.58 Å². The molecule has 1 nitrogen and oxygen atoms in total. The molecule has 0 bridgehead atoms. The molecule has 0 aromatic rings. The van der Waals surface area contributed by atoms with Gasteiger partial charge in [-0.3, -0.25) is 0 Å². The molecule has 1 aliphatic heterocycles. The molecule has 0 aromatic heterocycles. The van der Waals surface area contributed by atoms with E-state index < -0.39 is 0 Å². The Hall–Kier alpha value is -0.820. The Morgan fingerprint density at radius 3 is 2.60 bits per heavy atom. The van der Waals surface area contributed by atoms with Crippen LogP contribution in [-0.4, -0.2) is 25.0 Å². The summed E-state index contributed by atoms with van der Waals surface area (Å²) in [5.74, 6) is 0. The van der Waals surface area contributed by atoms with Crippen LogP contribution < -0.4 is 0 Å². The van der Waals surface area contributed by atoms with Gasteiger partial charge in [-0.25, -0.2) is 0 Å². The van der Waals surface area contributed by atoms with Crippen LogP contribution in [0.15, 0.2) is 36.0 Å². The molecular weight excluding hydrogens is 182 g/mol. The Labute approximate surface area is 95.2 Å². The van der Waals surface area contributed by atoms with E-state index in [-0.39, 0.29) is 0 Å².